The predicted molar refractivity (Wildman–Crippen MR) is 64.1 cm³/mol. The zero-order chi connectivity index (χ0) is 13.1. The van der Waals surface area contributed by atoms with E-state index in [2.05, 4.69) is 10.4 Å². The topological polar surface area (TPSA) is 87.4 Å². The fourth-order valence-corrected chi connectivity index (χ4v) is 1.56. The lowest BCUT2D eigenvalue weighted by molar-refractivity contribution is 0.0949. The Morgan fingerprint density at radius 1 is 1.33 bits per heavy atom. The Hall–Kier alpha value is -2.50. The maximum Gasteiger partial charge on any atom is 0.251 e. The number of nitrogens with one attached hydrogen (secondary N) is 1. The van der Waals surface area contributed by atoms with E-state index in [-0.39, 0.29) is 29.5 Å². The van der Waals surface area contributed by atoms with Crippen molar-refractivity contribution in [1.29, 1.82) is 0 Å². The van der Waals surface area contributed by atoms with Crippen molar-refractivity contribution in [2.75, 3.05) is 0 Å². The minimum Gasteiger partial charge on any atom is -0.508 e. The second kappa shape index (κ2) is 4.79. The molecule has 0 unspecified atom stereocenters. The summed E-state index contributed by atoms with van der Waals surface area (Å²) in [7, 11) is 1.79. The Kier molecular flexibility index (Phi) is 3.18. The molecule has 0 saturated carbocycles. The molecule has 18 heavy (non-hydrogen) atoms. The van der Waals surface area contributed by atoms with Crippen LogP contribution in [0.25, 0.3) is 0 Å². The van der Waals surface area contributed by atoms with Gasteiger partial charge in [-0.25, -0.2) is 0 Å². The van der Waals surface area contributed by atoms with Crippen LogP contribution in [0.2, 0.25) is 0 Å². The van der Waals surface area contributed by atoms with E-state index in [1.807, 2.05) is 0 Å². The maximum atomic E-state index is 11.8. The number of phenols is 2. The maximum absolute atomic E-state index is 11.8. The molecule has 0 aliphatic heterocycles. The number of phenolic OH excluding ortho intramolecular Hbond substituents is 2. The smallest absolute Gasteiger partial charge is 0.251 e. The van der Waals surface area contributed by atoms with Gasteiger partial charge in [0.25, 0.3) is 5.91 Å². The summed E-state index contributed by atoms with van der Waals surface area (Å²) in [6.45, 7) is 0.288. The Bertz CT molecular complexity index is 557. The van der Waals surface area contributed by atoms with Crippen LogP contribution in [0.1, 0.15) is 16.1 Å². The third kappa shape index (κ3) is 2.79. The average Bonchev–Trinajstić information content (AvgIpc) is 2.70. The molecule has 0 aliphatic carbocycles. The molecule has 6 heteroatoms. The molecule has 0 atom stereocenters. The fourth-order valence-electron chi connectivity index (χ4n) is 1.56. The number of carbonyl (C=O) groups is 1. The van der Waals surface area contributed by atoms with E-state index in [0.717, 1.165) is 11.8 Å². The molecule has 1 heterocycles. The number of nitrogens with zero attached hydrogens (tertiary/aromatic N) is 2. The van der Waals surface area contributed by atoms with E-state index in [1.165, 1.54) is 12.1 Å². The third-order valence-electron chi connectivity index (χ3n) is 2.36. The van der Waals surface area contributed by atoms with Crippen LogP contribution < -0.4 is 5.32 Å². The predicted octanol–water partition coefficient (Wildman–Crippen LogP) is 0.761. The summed E-state index contributed by atoms with van der Waals surface area (Å²) in [4.78, 5) is 11.8. The van der Waals surface area contributed by atoms with Gasteiger partial charge in [-0.2, -0.15) is 5.10 Å². The first-order valence-electron chi connectivity index (χ1n) is 5.34. The first-order valence-corrected chi connectivity index (χ1v) is 5.34. The molecule has 0 saturated heterocycles. The summed E-state index contributed by atoms with van der Waals surface area (Å²) in [6.07, 6.45) is 1.78. The van der Waals surface area contributed by atoms with Gasteiger partial charge >= 0.3 is 0 Å². The number of carbonyl (C=O) groups excluding carboxylic acids is 1. The molecule has 0 bridgehead atoms. The molecule has 1 aromatic carbocycles. The van der Waals surface area contributed by atoms with Crippen LogP contribution in [0, 0.1) is 0 Å². The van der Waals surface area contributed by atoms with Gasteiger partial charge in [-0.05, 0) is 18.2 Å². The summed E-state index contributed by atoms with van der Waals surface area (Å²) in [5.74, 6) is -0.692. The van der Waals surface area contributed by atoms with Crippen LogP contribution in [0.3, 0.4) is 0 Å². The van der Waals surface area contributed by atoms with Crippen molar-refractivity contribution in [2.45, 2.75) is 6.54 Å². The van der Waals surface area contributed by atoms with E-state index in [4.69, 9.17) is 0 Å². The lowest BCUT2D eigenvalue weighted by Crippen LogP contribution is -2.23. The lowest BCUT2D eigenvalue weighted by atomic mass is 10.2. The summed E-state index contributed by atoms with van der Waals surface area (Å²) in [6, 6.07) is 5.52. The summed E-state index contributed by atoms with van der Waals surface area (Å²) in [5, 5.41) is 25.3. The van der Waals surface area contributed by atoms with Gasteiger partial charge in [0.2, 0.25) is 0 Å². The Balaban J connectivity index is 2.03. The number of benzene rings is 1. The number of hydrogen-bond acceptors (Lipinski definition) is 4. The van der Waals surface area contributed by atoms with Gasteiger partial charge in [-0.1, -0.05) is 0 Å². The molecule has 2 rings (SSSR count). The monoisotopic (exact) mass is 247 g/mol. The minimum atomic E-state index is -0.383. The Labute approximate surface area is 103 Å². The molecule has 0 radical (unpaired) electrons. The normalized spacial score (nSPS) is 10.3. The van der Waals surface area contributed by atoms with Crippen LogP contribution >= 0.6 is 0 Å². The second-order valence-corrected chi connectivity index (χ2v) is 3.90. The van der Waals surface area contributed by atoms with Crippen LogP contribution in [0.4, 0.5) is 0 Å². The van der Waals surface area contributed by atoms with Crippen molar-refractivity contribution in [2.24, 2.45) is 7.05 Å². The standard InChI is InChI=1S/C12H13N3O3/c1-15-3-2-9(14-15)7-13-12(18)8-4-10(16)6-11(17)5-8/h2-6,16-17H,7H2,1H3,(H,13,18). The van der Waals surface area contributed by atoms with Gasteiger partial charge in [0.05, 0.1) is 12.2 Å². The van der Waals surface area contributed by atoms with Gasteiger partial charge < -0.3 is 15.5 Å². The Morgan fingerprint density at radius 2 is 2.00 bits per heavy atom. The van der Waals surface area contributed by atoms with Crippen molar-refractivity contribution in [3.63, 3.8) is 0 Å². The summed E-state index contributed by atoms with van der Waals surface area (Å²) < 4.78 is 1.64. The molecule has 0 spiro atoms. The highest BCUT2D eigenvalue weighted by atomic mass is 16.3. The van der Waals surface area contributed by atoms with Crippen LogP contribution in [0.5, 0.6) is 11.5 Å². The number of amides is 1. The fraction of sp³-hybridized carbons (Fsp3) is 0.167. The van der Waals surface area contributed by atoms with E-state index in [1.54, 1.807) is 24.0 Å². The first kappa shape index (κ1) is 12.0. The highest BCUT2D eigenvalue weighted by molar-refractivity contribution is 5.94. The number of aromatic hydroxyl groups is 2. The molecule has 3 N–H and O–H groups in total. The number of aromatic nitrogens is 2. The number of rotatable bonds is 3. The molecule has 0 aliphatic rings. The van der Waals surface area contributed by atoms with Crippen LogP contribution in [0.15, 0.2) is 30.5 Å². The molecule has 1 aromatic heterocycles. The molecule has 6 nitrogen and oxygen atoms in total. The van der Waals surface area contributed by atoms with Gasteiger partial charge in [0.1, 0.15) is 11.5 Å². The minimum absolute atomic E-state index is 0.155. The molecule has 2 aromatic rings. The van der Waals surface area contributed by atoms with Gasteiger partial charge in [0.15, 0.2) is 0 Å². The molecule has 0 fully saturated rings. The summed E-state index contributed by atoms with van der Waals surface area (Å²) >= 11 is 0. The van der Waals surface area contributed by atoms with Gasteiger partial charge in [0, 0.05) is 24.9 Å². The number of hydrogen-bond donors (Lipinski definition) is 3. The van der Waals surface area contributed by atoms with Crippen molar-refractivity contribution < 1.29 is 15.0 Å². The van der Waals surface area contributed by atoms with Crippen molar-refractivity contribution in [3.8, 4) is 11.5 Å². The largest absolute Gasteiger partial charge is 0.508 e. The second-order valence-electron chi connectivity index (χ2n) is 3.90. The van der Waals surface area contributed by atoms with Gasteiger partial charge in [-0.15, -0.1) is 0 Å². The molecular formula is C12H13N3O3. The van der Waals surface area contributed by atoms with Crippen molar-refractivity contribution >= 4 is 5.91 Å². The van der Waals surface area contributed by atoms with E-state index >= 15 is 0 Å². The highest BCUT2D eigenvalue weighted by Crippen LogP contribution is 2.20. The zero-order valence-corrected chi connectivity index (χ0v) is 9.79. The third-order valence-corrected chi connectivity index (χ3v) is 2.36. The van der Waals surface area contributed by atoms with Gasteiger partial charge in [-0.3, -0.25) is 9.48 Å². The first-order chi connectivity index (χ1) is 8.54. The molecule has 94 valence electrons. The highest BCUT2D eigenvalue weighted by Gasteiger charge is 2.08. The van der Waals surface area contributed by atoms with E-state index in [9.17, 15) is 15.0 Å². The quantitative estimate of drug-likeness (QED) is 0.747. The summed E-state index contributed by atoms with van der Waals surface area (Å²) in [5.41, 5.74) is 0.929. The van der Waals surface area contributed by atoms with Crippen molar-refractivity contribution in [3.05, 3.63) is 41.7 Å². The van der Waals surface area contributed by atoms with Crippen molar-refractivity contribution in [1.82, 2.24) is 15.1 Å². The SMILES string of the molecule is Cn1ccc(CNC(=O)c2cc(O)cc(O)c2)n1. The molecule has 1 amide bonds. The zero-order valence-electron chi connectivity index (χ0n) is 9.79. The van der Waals surface area contributed by atoms with E-state index in [0.29, 0.717) is 0 Å². The van der Waals surface area contributed by atoms with E-state index < -0.39 is 0 Å². The van der Waals surface area contributed by atoms with Crippen LogP contribution in [-0.2, 0) is 13.6 Å². The lowest BCUT2D eigenvalue weighted by Gasteiger charge is -2.04. The number of aryl methyl sites for hydroxylation is 1. The van der Waals surface area contributed by atoms with Crippen LogP contribution in [-0.4, -0.2) is 25.9 Å². The molecular weight excluding hydrogens is 234 g/mol. The Morgan fingerprint density at radius 3 is 2.56 bits per heavy atom. The average molecular weight is 247 g/mol.